The topological polar surface area (TPSA) is 54.1 Å². The van der Waals surface area contributed by atoms with Crippen LogP contribution in [0, 0.1) is 22.7 Å². The summed E-state index contributed by atoms with van der Waals surface area (Å²) in [6, 6.07) is 62.1. The van der Waals surface area contributed by atoms with Gasteiger partial charge in [-0.2, -0.15) is 10.5 Å². The molecule has 0 fully saturated rings. The van der Waals surface area contributed by atoms with Crippen LogP contribution in [0.4, 0.5) is 34.1 Å². The second-order valence-corrected chi connectivity index (χ2v) is 22.7. The van der Waals surface area contributed by atoms with E-state index >= 15 is 0 Å². The predicted molar refractivity (Wildman–Crippen MR) is 290 cm³/mol. The van der Waals surface area contributed by atoms with Crippen molar-refractivity contribution >= 4 is 77.2 Å². The van der Waals surface area contributed by atoms with E-state index in [0.717, 1.165) is 77.2 Å². The molecule has 0 aromatic heterocycles. The molecule has 0 atom stereocenters. The van der Waals surface area contributed by atoms with Crippen LogP contribution in [-0.2, 0) is 21.7 Å². The Bertz CT molecular complexity index is 3110. The van der Waals surface area contributed by atoms with Crippen LogP contribution in [0.15, 0.2) is 158 Å². The minimum atomic E-state index is 0.00712. The van der Waals surface area contributed by atoms with Crippen LogP contribution >= 0.6 is 0 Å². The fraction of sp³-hybridized carbons (Fsp3) is 0.250. The quantitative estimate of drug-likeness (QED) is 0.156. The van der Waals surface area contributed by atoms with Crippen LogP contribution in [0.1, 0.15) is 116 Å². The maximum atomic E-state index is 10.7. The normalized spacial score (nSPS) is 12.4. The van der Waals surface area contributed by atoms with Crippen LogP contribution in [0.25, 0.3) is 43.1 Å². The fourth-order valence-electron chi connectivity index (χ4n) is 9.67. The van der Waals surface area contributed by atoms with Crippen molar-refractivity contribution in [1.82, 2.24) is 0 Å². The molecule has 0 aliphatic carbocycles. The van der Waals surface area contributed by atoms with Gasteiger partial charge in [-0.15, -0.1) is 0 Å². The van der Waals surface area contributed by atoms with E-state index in [1.165, 1.54) is 22.3 Å². The van der Waals surface area contributed by atoms with Crippen molar-refractivity contribution in [2.75, 3.05) is 9.80 Å². The Morgan fingerprint density at radius 3 is 0.779 bits per heavy atom. The Morgan fingerprint density at radius 2 is 0.544 bits per heavy atom. The summed E-state index contributed by atoms with van der Waals surface area (Å²) in [5.74, 6) is 0. The smallest absolute Gasteiger partial charge is 0.0998 e. The molecule has 0 heterocycles. The lowest BCUT2D eigenvalue weighted by atomic mass is 9.86. The number of rotatable bonds is 6. The van der Waals surface area contributed by atoms with Crippen molar-refractivity contribution in [3.8, 4) is 12.1 Å². The summed E-state index contributed by atoms with van der Waals surface area (Å²) in [5.41, 5.74) is 12.5. The van der Waals surface area contributed by atoms with Crippen LogP contribution in [0.3, 0.4) is 0 Å². The molecule has 0 N–H and O–H groups in total. The standard InChI is InChI=1S/C64H62N4/c1-61(2,3)45-15-23-49(24-16-45)67(50-25-17-46(18-26-50)62(4,5)6)53-31-33-55-43(39-65)35-41-13-14-42-36-44(40-66)56-34-32-54(38-58(56)60(42)59(41)57(55)37-53)68(51-27-19-47(20-28-51)63(7,8)9)52-29-21-48(22-30-52)64(10,11)12/h13-38H,1-12H3. The summed E-state index contributed by atoms with van der Waals surface area (Å²) in [6.45, 7) is 26.9. The van der Waals surface area contributed by atoms with Crippen LogP contribution < -0.4 is 9.80 Å². The average Bonchev–Trinajstić information content (AvgIpc) is 3.30. The first-order valence-corrected chi connectivity index (χ1v) is 23.9. The van der Waals surface area contributed by atoms with Gasteiger partial charge in [-0.05, 0) is 161 Å². The van der Waals surface area contributed by atoms with E-state index in [4.69, 9.17) is 0 Å². The third-order valence-electron chi connectivity index (χ3n) is 13.7. The van der Waals surface area contributed by atoms with Gasteiger partial charge < -0.3 is 9.80 Å². The van der Waals surface area contributed by atoms with E-state index in [-0.39, 0.29) is 21.7 Å². The number of benzene rings is 9. The largest absolute Gasteiger partial charge is 0.310 e. The Morgan fingerprint density at radius 1 is 0.294 bits per heavy atom. The number of anilines is 6. The molecule has 0 aliphatic rings. The molecule has 338 valence electrons. The minimum Gasteiger partial charge on any atom is -0.310 e. The van der Waals surface area contributed by atoms with E-state index in [1.54, 1.807) is 0 Å². The van der Waals surface area contributed by atoms with Gasteiger partial charge >= 0.3 is 0 Å². The molecular weight excluding hydrogens is 825 g/mol. The van der Waals surface area contributed by atoms with E-state index in [0.29, 0.717) is 11.1 Å². The lowest BCUT2D eigenvalue weighted by molar-refractivity contribution is 0.590. The summed E-state index contributed by atoms with van der Waals surface area (Å²) in [6.07, 6.45) is 0. The first kappa shape index (κ1) is 45.7. The molecule has 0 aliphatic heterocycles. The highest BCUT2D eigenvalue weighted by molar-refractivity contribution is 6.29. The third-order valence-corrected chi connectivity index (χ3v) is 13.7. The summed E-state index contributed by atoms with van der Waals surface area (Å²) in [4.78, 5) is 4.65. The van der Waals surface area contributed by atoms with Gasteiger partial charge in [0.15, 0.2) is 0 Å². The van der Waals surface area contributed by atoms with Crippen LogP contribution in [0.2, 0.25) is 0 Å². The highest BCUT2D eigenvalue weighted by Gasteiger charge is 2.23. The van der Waals surface area contributed by atoms with Gasteiger partial charge in [0.05, 0.1) is 23.3 Å². The molecule has 68 heavy (non-hydrogen) atoms. The molecule has 0 saturated heterocycles. The first-order valence-electron chi connectivity index (χ1n) is 23.9. The average molecular weight is 887 g/mol. The van der Waals surface area contributed by atoms with Crippen LogP contribution in [0.5, 0.6) is 0 Å². The van der Waals surface area contributed by atoms with Gasteiger partial charge in [0, 0.05) is 44.9 Å². The van der Waals surface area contributed by atoms with E-state index in [1.807, 2.05) is 12.1 Å². The molecule has 0 amide bonds. The van der Waals surface area contributed by atoms with Crippen LogP contribution in [-0.4, -0.2) is 0 Å². The molecule has 9 aromatic rings. The molecule has 4 nitrogen and oxygen atoms in total. The third kappa shape index (κ3) is 8.46. The lowest BCUT2D eigenvalue weighted by Crippen LogP contribution is -2.14. The van der Waals surface area contributed by atoms with E-state index < -0.39 is 0 Å². The summed E-state index contributed by atoms with van der Waals surface area (Å²) in [7, 11) is 0. The van der Waals surface area contributed by atoms with E-state index in [2.05, 4.69) is 251 Å². The zero-order valence-electron chi connectivity index (χ0n) is 41.8. The highest BCUT2D eigenvalue weighted by Crippen LogP contribution is 2.45. The number of nitrogens with zero attached hydrogens (tertiary/aromatic N) is 4. The number of nitriles is 2. The fourth-order valence-corrected chi connectivity index (χ4v) is 9.67. The molecule has 9 aromatic carbocycles. The molecule has 0 radical (unpaired) electrons. The summed E-state index contributed by atoms with van der Waals surface area (Å²) in [5, 5.41) is 29.2. The van der Waals surface area contributed by atoms with Gasteiger partial charge in [-0.25, -0.2) is 0 Å². The lowest BCUT2D eigenvalue weighted by Gasteiger charge is -2.29. The van der Waals surface area contributed by atoms with Gasteiger partial charge in [-0.3, -0.25) is 0 Å². The monoisotopic (exact) mass is 886 g/mol. The molecular formula is C64H62N4. The zero-order chi connectivity index (χ0) is 48.5. The molecule has 4 heteroatoms. The molecule has 0 bridgehead atoms. The molecule has 0 saturated carbocycles. The van der Waals surface area contributed by atoms with Crippen molar-refractivity contribution in [3.63, 3.8) is 0 Å². The van der Waals surface area contributed by atoms with Crippen molar-refractivity contribution in [1.29, 1.82) is 10.5 Å². The SMILES string of the molecule is CC(C)(C)c1ccc(N(c2ccc(C(C)(C)C)cc2)c2ccc3c(C#N)cc4ccc5cc(C#N)c6ccc(N(c7ccc(C(C)(C)C)cc7)c7ccc(C(C)(C)C)cc7)cc6c5c4c3c2)cc1. The Balaban J connectivity index is 1.33. The Labute approximate surface area is 403 Å². The molecule has 0 spiro atoms. The van der Waals surface area contributed by atoms with Gasteiger partial charge in [0.2, 0.25) is 0 Å². The second kappa shape index (κ2) is 16.7. The van der Waals surface area contributed by atoms with E-state index in [9.17, 15) is 10.5 Å². The Hall–Kier alpha value is -7.40. The second-order valence-electron chi connectivity index (χ2n) is 22.7. The number of hydrogen-bond donors (Lipinski definition) is 0. The number of hydrogen-bond acceptors (Lipinski definition) is 4. The Kier molecular flexibility index (Phi) is 11.3. The van der Waals surface area contributed by atoms with Crippen molar-refractivity contribution in [2.45, 2.75) is 105 Å². The minimum absolute atomic E-state index is 0.00712. The van der Waals surface area contributed by atoms with Crippen molar-refractivity contribution in [3.05, 3.63) is 191 Å². The van der Waals surface area contributed by atoms with Gasteiger partial charge in [0.1, 0.15) is 0 Å². The predicted octanol–water partition coefficient (Wildman–Crippen LogP) is 18.2. The highest BCUT2D eigenvalue weighted by atomic mass is 15.1. The maximum Gasteiger partial charge on any atom is 0.0998 e. The van der Waals surface area contributed by atoms with Crippen molar-refractivity contribution < 1.29 is 0 Å². The maximum absolute atomic E-state index is 10.7. The van der Waals surface area contributed by atoms with Gasteiger partial charge in [-0.1, -0.05) is 156 Å². The first-order chi connectivity index (χ1) is 32.1. The molecule has 0 unspecified atom stereocenters. The number of fused-ring (bicyclic) bond motifs is 7. The summed E-state index contributed by atoms with van der Waals surface area (Å²) < 4.78 is 0. The molecule has 9 rings (SSSR count). The van der Waals surface area contributed by atoms with Crippen molar-refractivity contribution in [2.24, 2.45) is 0 Å². The summed E-state index contributed by atoms with van der Waals surface area (Å²) >= 11 is 0. The van der Waals surface area contributed by atoms with Gasteiger partial charge in [0.25, 0.3) is 0 Å². The zero-order valence-corrected chi connectivity index (χ0v) is 41.8.